The highest BCUT2D eigenvalue weighted by Gasteiger charge is 2.68. The molecule has 4 heterocycles. The van der Waals surface area contributed by atoms with Gasteiger partial charge in [0.1, 0.15) is 11.9 Å². The first kappa shape index (κ1) is 19.8. The predicted molar refractivity (Wildman–Crippen MR) is 110 cm³/mol. The van der Waals surface area contributed by atoms with Crippen molar-refractivity contribution in [3.63, 3.8) is 0 Å². The lowest BCUT2D eigenvalue weighted by Crippen LogP contribution is -2.72. The topological polar surface area (TPSA) is 132 Å². The molecular formula is C23H21N3O8. The van der Waals surface area contributed by atoms with Crippen molar-refractivity contribution in [3.8, 4) is 17.2 Å². The molecule has 4 fully saturated rings. The number of benzene rings is 1. The number of urea groups is 1. The number of Topliss-reactive ketones (excluding diaryl/α,β-unsaturated/α-hetero) is 1. The van der Waals surface area contributed by atoms with Crippen molar-refractivity contribution in [3.05, 3.63) is 17.2 Å². The maximum Gasteiger partial charge on any atom is 0.324 e. The highest BCUT2D eigenvalue weighted by molar-refractivity contribution is 6.05. The Labute approximate surface area is 193 Å². The van der Waals surface area contributed by atoms with E-state index in [4.69, 9.17) is 14.2 Å². The van der Waals surface area contributed by atoms with Gasteiger partial charge in [0.15, 0.2) is 11.5 Å². The van der Waals surface area contributed by atoms with Crippen LogP contribution in [0.2, 0.25) is 0 Å². The molecule has 0 bridgehead atoms. The van der Waals surface area contributed by atoms with E-state index < -0.39 is 53.9 Å². The Hall–Kier alpha value is -3.63. The number of piperidine rings is 1. The summed E-state index contributed by atoms with van der Waals surface area (Å²) in [5, 5.41) is 2.39. The molecule has 6 aliphatic rings. The molecule has 8 unspecified atom stereocenters. The lowest BCUT2D eigenvalue weighted by atomic mass is 9.53. The van der Waals surface area contributed by atoms with Crippen molar-refractivity contribution in [1.29, 1.82) is 0 Å². The zero-order chi connectivity index (χ0) is 23.8. The second-order valence-electron chi connectivity index (χ2n) is 9.91. The number of carbonyl (C=O) groups excluding carboxylic acids is 5. The number of carbonyl (C=O) groups is 5. The van der Waals surface area contributed by atoms with E-state index in [0.29, 0.717) is 11.3 Å². The van der Waals surface area contributed by atoms with E-state index in [1.54, 1.807) is 14.1 Å². The molecule has 2 saturated carbocycles. The standard InChI is InChI=1S/C23H21N3O8/c1-25-9(28)5-8(27)12-10-6-4-7-11-13-16(26(2)23(31)24-21(13)29)19(11)33-17(7)20(32-3)18(6)34-22(30)14(10)15(12)25/h4,10-16,19H,5H2,1-3H3,(H,24,29,31). The maximum absolute atomic E-state index is 13.0. The largest absolute Gasteiger partial charge is 0.490 e. The molecule has 2 saturated heterocycles. The van der Waals surface area contributed by atoms with Gasteiger partial charge in [0.05, 0.1) is 37.5 Å². The predicted octanol–water partition coefficient (Wildman–Crippen LogP) is -0.232. The van der Waals surface area contributed by atoms with Gasteiger partial charge in [0, 0.05) is 43.0 Å². The summed E-state index contributed by atoms with van der Waals surface area (Å²) in [6, 6.07) is 0.451. The number of fused-ring (bicyclic) bond motifs is 12. The summed E-state index contributed by atoms with van der Waals surface area (Å²) in [4.78, 5) is 65.8. The Kier molecular flexibility index (Phi) is 3.54. The summed E-state index contributed by atoms with van der Waals surface area (Å²) >= 11 is 0. The number of hydrogen-bond donors (Lipinski definition) is 1. The molecule has 4 aliphatic heterocycles. The zero-order valence-electron chi connectivity index (χ0n) is 18.6. The molecule has 11 heteroatoms. The van der Waals surface area contributed by atoms with Crippen LogP contribution in [-0.4, -0.2) is 78.8 Å². The molecule has 176 valence electrons. The number of hydrogen-bond acceptors (Lipinski definition) is 8. The lowest BCUT2D eigenvalue weighted by Gasteiger charge is -2.57. The molecule has 2 aliphatic carbocycles. The van der Waals surface area contributed by atoms with Crippen LogP contribution in [0.1, 0.15) is 29.4 Å². The average Bonchev–Trinajstić information content (AvgIpc) is 3.04. The summed E-state index contributed by atoms with van der Waals surface area (Å²) in [5.74, 6) is -2.85. The minimum Gasteiger partial charge on any atom is -0.490 e. The van der Waals surface area contributed by atoms with Gasteiger partial charge in [-0.3, -0.25) is 24.5 Å². The molecular weight excluding hydrogens is 446 g/mol. The van der Waals surface area contributed by atoms with Crippen molar-refractivity contribution in [1.82, 2.24) is 15.1 Å². The molecule has 0 spiro atoms. The van der Waals surface area contributed by atoms with Crippen molar-refractivity contribution >= 4 is 29.6 Å². The van der Waals surface area contributed by atoms with E-state index in [9.17, 15) is 24.0 Å². The molecule has 7 rings (SSSR count). The second-order valence-corrected chi connectivity index (χ2v) is 9.91. The maximum atomic E-state index is 13.0. The molecule has 8 atom stereocenters. The molecule has 1 aromatic rings. The fourth-order valence-corrected chi connectivity index (χ4v) is 7.10. The van der Waals surface area contributed by atoms with Gasteiger partial charge in [-0.25, -0.2) is 4.79 Å². The van der Waals surface area contributed by atoms with Crippen LogP contribution < -0.4 is 19.5 Å². The average molecular weight is 467 g/mol. The number of amides is 4. The van der Waals surface area contributed by atoms with Crippen molar-refractivity contribution < 1.29 is 38.2 Å². The minimum absolute atomic E-state index is 0.181. The highest BCUT2D eigenvalue weighted by Crippen LogP contribution is 2.65. The van der Waals surface area contributed by atoms with Crippen molar-refractivity contribution in [2.24, 2.45) is 17.8 Å². The number of likely N-dealkylation sites (N-methyl/N-ethyl adjacent to an activating group) is 1. The Morgan fingerprint density at radius 2 is 1.65 bits per heavy atom. The normalized spacial score (nSPS) is 38.6. The second kappa shape index (κ2) is 6.08. The Morgan fingerprint density at radius 1 is 0.912 bits per heavy atom. The van der Waals surface area contributed by atoms with Crippen LogP contribution in [0.25, 0.3) is 0 Å². The van der Waals surface area contributed by atoms with E-state index in [0.717, 1.165) is 5.56 Å². The van der Waals surface area contributed by atoms with Crippen LogP contribution in [0.5, 0.6) is 17.2 Å². The van der Waals surface area contributed by atoms with Gasteiger partial charge >= 0.3 is 12.0 Å². The number of ether oxygens (including phenoxy) is 3. The molecule has 34 heavy (non-hydrogen) atoms. The van der Waals surface area contributed by atoms with Gasteiger partial charge in [-0.15, -0.1) is 0 Å². The van der Waals surface area contributed by atoms with Gasteiger partial charge in [0.2, 0.25) is 17.6 Å². The van der Waals surface area contributed by atoms with E-state index >= 15 is 0 Å². The van der Waals surface area contributed by atoms with Gasteiger partial charge in [0.25, 0.3) is 0 Å². The Balaban J connectivity index is 1.35. The van der Waals surface area contributed by atoms with Crippen molar-refractivity contribution in [2.75, 3.05) is 21.2 Å². The van der Waals surface area contributed by atoms with E-state index in [1.165, 1.54) is 16.9 Å². The summed E-state index contributed by atoms with van der Waals surface area (Å²) < 4.78 is 17.5. The molecule has 11 nitrogen and oxygen atoms in total. The van der Waals surface area contributed by atoms with Crippen LogP contribution in [-0.2, 0) is 19.2 Å². The minimum atomic E-state index is -0.646. The van der Waals surface area contributed by atoms with Gasteiger partial charge in [-0.2, -0.15) is 0 Å². The van der Waals surface area contributed by atoms with E-state index in [-0.39, 0.29) is 41.4 Å². The van der Waals surface area contributed by atoms with Gasteiger partial charge in [-0.05, 0) is 6.07 Å². The number of rotatable bonds is 1. The lowest BCUT2D eigenvalue weighted by molar-refractivity contribution is -0.170. The van der Waals surface area contributed by atoms with Crippen LogP contribution in [0.3, 0.4) is 0 Å². The third-order valence-corrected chi connectivity index (χ3v) is 8.69. The molecule has 0 radical (unpaired) electrons. The molecule has 1 aromatic carbocycles. The monoisotopic (exact) mass is 467 g/mol. The van der Waals surface area contributed by atoms with Crippen molar-refractivity contribution in [2.45, 2.75) is 36.4 Å². The quantitative estimate of drug-likeness (QED) is 0.340. The van der Waals surface area contributed by atoms with Crippen LogP contribution in [0.4, 0.5) is 4.79 Å². The summed E-state index contributed by atoms with van der Waals surface area (Å²) in [6.07, 6.45) is -0.621. The number of likely N-dealkylation sites (tertiary alicyclic amines) is 1. The molecule has 0 aromatic heterocycles. The third-order valence-electron chi connectivity index (χ3n) is 8.69. The third kappa shape index (κ3) is 2.03. The summed E-state index contributed by atoms with van der Waals surface area (Å²) in [6.45, 7) is 0. The summed E-state index contributed by atoms with van der Waals surface area (Å²) in [7, 11) is 4.68. The number of ketones is 1. The Bertz CT molecular complexity index is 1260. The van der Waals surface area contributed by atoms with Crippen LogP contribution in [0, 0.1) is 17.8 Å². The first-order valence-electron chi connectivity index (χ1n) is 11.2. The highest BCUT2D eigenvalue weighted by atomic mass is 16.6. The molecule has 4 amide bonds. The fraction of sp³-hybridized carbons (Fsp3) is 0.522. The number of nitrogens with one attached hydrogen (secondary N) is 1. The Morgan fingerprint density at radius 3 is 2.38 bits per heavy atom. The first-order chi connectivity index (χ1) is 16.2. The number of nitrogens with zero attached hydrogens (tertiary/aromatic N) is 2. The van der Waals surface area contributed by atoms with Crippen LogP contribution in [0.15, 0.2) is 6.07 Å². The first-order valence-corrected chi connectivity index (χ1v) is 11.2. The van der Waals surface area contributed by atoms with Gasteiger partial charge < -0.3 is 24.0 Å². The van der Waals surface area contributed by atoms with Crippen LogP contribution >= 0.6 is 0 Å². The fourth-order valence-electron chi connectivity index (χ4n) is 7.10. The SMILES string of the molecule is COc1c2c(cc3c1OC(=O)C1C3C3C(=O)CC(=O)N(C)C31)C1C(O2)C2C1C(=O)NC(=O)N2C. The molecule has 1 N–H and O–H groups in total. The summed E-state index contributed by atoms with van der Waals surface area (Å²) in [5.41, 5.74) is 1.40. The number of methoxy groups -OCH3 is 1. The zero-order valence-corrected chi connectivity index (χ0v) is 18.6. The van der Waals surface area contributed by atoms with Gasteiger partial charge in [-0.1, -0.05) is 0 Å². The smallest absolute Gasteiger partial charge is 0.324 e. The number of imide groups is 1. The van der Waals surface area contributed by atoms with E-state index in [1.807, 2.05) is 6.07 Å². The van der Waals surface area contributed by atoms with E-state index in [2.05, 4.69) is 5.32 Å². The number of esters is 1.